The lowest BCUT2D eigenvalue weighted by Crippen LogP contribution is -2.52. The first kappa shape index (κ1) is 14.5. The summed E-state index contributed by atoms with van der Waals surface area (Å²) < 4.78 is 0. The van der Waals surface area contributed by atoms with Crippen molar-refractivity contribution in [2.24, 2.45) is 5.92 Å². The van der Waals surface area contributed by atoms with Crippen LogP contribution in [0.3, 0.4) is 0 Å². The predicted octanol–water partition coefficient (Wildman–Crippen LogP) is 0.831. The summed E-state index contributed by atoms with van der Waals surface area (Å²) in [6, 6.07) is 0.256. The number of hydrogen-bond acceptors (Lipinski definition) is 3. The van der Waals surface area contributed by atoms with E-state index in [4.69, 9.17) is 0 Å². The van der Waals surface area contributed by atoms with Gasteiger partial charge in [0, 0.05) is 6.04 Å². The van der Waals surface area contributed by atoms with Crippen LogP contribution in [-0.4, -0.2) is 50.1 Å². The lowest BCUT2D eigenvalue weighted by atomic mass is 9.92. The molecule has 3 atom stereocenters. The fourth-order valence-corrected chi connectivity index (χ4v) is 2.26. The van der Waals surface area contributed by atoms with Crippen LogP contribution < -0.4 is 10.6 Å². The molecule has 4 heteroatoms. The standard InChI is InChI=1S/C13H27N3O/c1-10-6-5-8-14-12(10)13(17)15-11(2)7-9-16(3)4/h10-12,14H,5-9H2,1-4H3,(H,15,17). The van der Waals surface area contributed by atoms with Crippen molar-refractivity contribution in [1.82, 2.24) is 15.5 Å². The summed E-state index contributed by atoms with van der Waals surface area (Å²) in [7, 11) is 4.11. The topological polar surface area (TPSA) is 44.4 Å². The third kappa shape index (κ3) is 5.04. The summed E-state index contributed by atoms with van der Waals surface area (Å²) in [6.07, 6.45) is 3.33. The van der Waals surface area contributed by atoms with Gasteiger partial charge in [-0.05, 0) is 59.3 Å². The van der Waals surface area contributed by atoms with Gasteiger partial charge in [0.1, 0.15) is 0 Å². The van der Waals surface area contributed by atoms with Crippen LogP contribution in [-0.2, 0) is 4.79 Å². The molecule has 0 aromatic heterocycles. The monoisotopic (exact) mass is 241 g/mol. The summed E-state index contributed by atoms with van der Waals surface area (Å²) >= 11 is 0. The number of nitrogens with zero attached hydrogens (tertiary/aromatic N) is 1. The van der Waals surface area contributed by atoms with Crippen molar-refractivity contribution in [3.63, 3.8) is 0 Å². The molecular formula is C13H27N3O. The second-order valence-corrected chi connectivity index (χ2v) is 5.55. The zero-order chi connectivity index (χ0) is 12.8. The lowest BCUT2D eigenvalue weighted by Gasteiger charge is -2.30. The number of amides is 1. The Balaban J connectivity index is 2.32. The van der Waals surface area contributed by atoms with Crippen LogP contribution in [0.1, 0.15) is 33.1 Å². The molecule has 1 heterocycles. The number of carbonyl (C=O) groups excluding carboxylic acids is 1. The fourth-order valence-electron chi connectivity index (χ4n) is 2.26. The number of hydrogen-bond donors (Lipinski definition) is 2. The van der Waals surface area contributed by atoms with Gasteiger partial charge in [0.05, 0.1) is 6.04 Å². The van der Waals surface area contributed by atoms with Crippen LogP contribution >= 0.6 is 0 Å². The molecule has 3 unspecified atom stereocenters. The first-order valence-electron chi connectivity index (χ1n) is 6.69. The molecule has 2 N–H and O–H groups in total. The van der Waals surface area contributed by atoms with E-state index < -0.39 is 0 Å². The number of piperidine rings is 1. The number of carbonyl (C=O) groups is 1. The molecule has 0 aromatic rings. The van der Waals surface area contributed by atoms with E-state index in [-0.39, 0.29) is 18.0 Å². The highest BCUT2D eigenvalue weighted by Gasteiger charge is 2.27. The van der Waals surface area contributed by atoms with E-state index >= 15 is 0 Å². The average molecular weight is 241 g/mol. The highest BCUT2D eigenvalue weighted by atomic mass is 16.2. The van der Waals surface area contributed by atoms with Gasteiger partial charge in [-0.3, -0.25) is 4.79 Å². The van der Waals surface area contributed by atoms with E-state index in [1.54, 1.807) is 0 Å². The minimum Gasteiger partial charge on any atom is -0.352 e. The van der Waals surface area contributed by atoms with Crippen LogP contribution in [0.2, 0.25) is 0 Å². The van der Waals surface area contributed by atoms with E-state index in [9.17, 15) is 4.79 Å². The van der Waals surface area contributed by atoms with Gasteiger partial charge in [0.2, 0.25) is 5.91 Å². The zero-order valence-corrected chi connectivity index (χ0v) is 11.6. The molecule has 17 heavy (non-hydrogen) atoms. The van der Waals surface area contributed by atoms with Crippen molar-refractivity contribution < 1.29 is 4.79 Å². The Bertz CT molecular complexity index is 243. The van der Waals surface area contributed by atoms with Gasteiger partial charge in [-0.15, -0.1) is 0 Å². The van der Waals surface area contributed by atoms with Crippen LogP contribution in [0.15, 0.2) is 0 Å². The van der Waals surface area contributed by atoms with Gasteiger partial charge in [-0.2, -0.15) is 0 Å². The maximum atomic E-state index is 12.1. The Morgan fingerprint density at radius 3 is 2.82 bits per heavy atom. The largest absolute Gasteiger partial charge is 0.352 e. The van der Waals surface area contributed by atoms with Crippen molar-refractivity contribution in [2.75, 3.05) is 27.2 Å². The first-order chi connectivity index (χ1) is 8.00. The van der Waals surface area contributed by atoms with Gasteiger partial charge >= 0.3 is 0 Å². The second-order valence-electron chi connectivity index (χ2n) is 5.55. The lowest BCUT2D eigenvalue weighted by molar-refractivity contribution is -0.125. The summed E-state index contributed by atoms with van der Waals surface area (Å²) in [5, 5.41) is 6.42. The third-order valence-corrected chi connectivity index (χ3v) is 3.45. The summed E-state index contributed by atoms with van der Waals surface area (Å²) in [4.78, 5) is 14.2. The molecule has 0 spiro atoms. The maximum absolute atomic E-state index is 12.1. The van der Waals surface area contributed by atoms with E-state index in [0.717, 1.165) is 25.9 Å². The summed E-state index contributed by atoms with van der Waals surface area (Å²) in [5.74, 6) is 0.619. The summed E-state index contributed by atoms with van der Waals surface area (Å²) in [6.45, 7) is 6.21. The van der Waals surface area contributed by atoms with E-state index in [2.05, 4.69) is 43.5 Å². The molecule has 0 radical (unpaired) electrons. The Morgan fingerprint density at radius 1 is 1.53 bits per heavy atom. The SMILES string of the molecule is CC(CCN(C)C)NC(=O)C1NCCCC1C. The molecule has 0 aliphatic carbocycles. The molecule has 1 aliphatic rings. The van der Waals surface area contributed by atoms with E-state index in [0.29, 0.717) is 5.92 Å². The molecule has 4 nitrogen and oxygen atoms in total. The Kier molecular flexibility index (Phi) is 5.92. The van der Waals surface area contributed by atoms with Gasteiger partial charge < -0.3 is 15.5 Å². The molecular weight excluding hydrogens is 214 g/mol. The highest BCUT2D eigenvalue weighted by molar-refractivity contribution is 5.82. The Hall–Kier alpha value is -0.610. The van der Waals surface area contributed by atoms with E-state index in [1.165, 1.54) is 6.42 Å². The third-order valence-electron chi connectivity index (χ3n) is 3.45. The minimum absolute atomic E-state index is 0.00514. The molecule has 1 saturated heterocycles. The quantitative estimate of drug-likeness (QED) is 0.749. The van der Waals surface area contributed by atoms with Gasteiger partial charge in [0.25, 0.3) is 0 Å². The van der Waals surface area contributed by atoms with E-state index in [1.807, 2.05) is 0 Å². The van der Waals surface area contributed by atoms with Crippen molar-refractivity contribution in [3.05, 3.63) is 0 Å². The molecule has 1 fully saturated rings. The van der Waals surface area contributed by atoms with Crippen LogP contribution in [0.25, 0.3) is 0 Å². The van der Waals surface area contributed by atoms with Crippen LogP contribution in [0.4, 0.5) is 0 Å². The first-order valence-corrected chi connectivity index (χ1v) is 6.69. The fraction of sp³-hybridized carbons (Fsp3) is 0.923. The Morgan fingerprint density at radius 2 is 2.24 bits per heavy atom. The molecule has 1 aliphatic heterocycles. The highest BCUT2D eigenvalue weighted by Crippen LogP contribution is 2.15. The van der Waals surface area contributed by atoms with Crippen molar-refractivity contribution >= 4 is 5.91 Å². The van der Waals surface area contributed by atoms with Gasteiger partial charge in [-0.1, -0.05) is 6.92 Å². The molecule has 0 saturated carbocycles. The van der Waals surface area contributed by atoms with Gasteiger partial charge in [0.15, 0.2) is 0 Å². The Labute approximate surface area is 105 Å². The minimum atomic E-state index is 0.00514. The van der Waals surface area contributed by atoms with Crippen molar-refractivity contribution in [2.45, 2.75) is 45.2 Å². The molecule has 0 bridgehead atoms. The molecule has 1 rings (SSSR count). The normalized spacial score (nSPS) is 26.9. The molecule has 100 valence electrons. The zero-order valence-electron chi connectivity index (χ0n) is 11.6. The second kappa shape index (κ2) is 6.97. The molecule has 0 aromatic carbocycles. The van der Waals surface area contributed by atoms with Crippen molar-refractivity contribution in [1.29, 1.82) is 0 Å². The summed E-state index contributed by atoms with van der Waals surface area (Å²) in [5.41, 5.74) is 0. The predicted molar refractivity (Wildman–Crippen MR) is 71.0 cm³/mol. The number of nitrogens with one attached hydrogen (secondary N) is 2. The van der Waals surface area contributed by atoms with Crippen LogP contribution in [0, 0.1) is 5.92 Å². The van der Waals surface area contributed by atoms with Crippen LogP contribution in [0.5, 0.6) is 0 Å². The maximum Gasteiger partial charge on any atom is 0.237 e. The van der Waals surface area contributed by atoms with Gasteiger partial charge in [-0.25, -0.2) is 0 Å². The molecule has 1 amide bonds. The van der Waals surface area contributed by atoms with Crippen molar-refractivity contribution in [3.8, 4) is 0 Å². The smallest absolute Gasteiger partial charge is 0.237 e. The average Bonchev–Trinajstić information content (AvgIpc) is 2.26. The number of rotatable bonds is 5.